The Hall–Kier alpha value is -1.96. The van der Waals surface area contributed by atoms with Gasteiger partial charge in [0.25, 0.3) is 0 Å². The van der Waals surface area contributed by atoms with Gasteiger partial charge in [0, 0.05) is 12.8 Å². The van der Waals surface area contributed by atoms with Gasteiger partial charge < -0.3 is 9.59 Å². The highest BCUT2D eigenvalue weighted by molar-refractivity contribution is 5.90. The molecule has 2 aromatic rings. The highest BCUT2D eigenvalue weighted by Gasteiger charge is 2.04. The van der Waals surface area contributed by atoms with E-state index in [9.17, 15) is 9.59 Å². The lowest BCUT2D eigenvalue weighted by atomic mass is 9.96. The number of aldehydes is 2. The highest BCUT2D eigenvalue weighted by Crippen LogP contribution is 2.23. The molecule has 2 heteroatoms. The van der Waals surface area contributed by atoms with Crippen LogP contribution in [0.1, 0.15) is 17.5 Å². The van der Waals surface area contributed by atoms with Gasteiger partial charge in [0.15, 0.2) is 0 Å². The van der Waals surface area contributed by atoms with Crippen molar-refractivity contribution in [3.8, 4) is 0 Å². The number of hydrogen-bond acceptors (Lipinski definition) is 2. The van der Waals surface area contributed by atoms with Crippen molar-refractivity contribution in [2.45, 2.75) is 19.3 Å². The summed E-state index contributed by atoms with van der Waals surface area (Å²) in [4.78, 5) is 21.1. The molecule has 0 saturated heterocycles. The molecular weight excluding hydrogens is 212 g/mol. The lowest BCUT2D eigenvalue weighted by Crippen LogP contribution is -1.93. The van der Waals surface area contributed by atoms with Crippen molar-refractivity contribution < 1.29 is 9.59 Å². The van der Waals surface area contributed by atoms with E-state index in [-0.39, 0.29) is 0 Å². The molecule has 0 radical (unpaired) electrons. The zero-order valence-corrected chi connectivity index (χ0v) is 9.56. The van der Waals surface area contributed by atoms with Gasteiger partial charge >= 0.3 is 0 Å². The third-order valence-electron chi connectivity index (χ3n) is 2.94. The average molecular weight is 226 g/mol. The van der Waals surface area contributed by atoms with Gasteiger partial charge in [-0.2, -0.15) is 0 Å². The van der Waals surface area contributed by atoms with E-state index < -0.39 is 0 Å². The fourth-order valence-corrected chi connectivity index (χ4v) is 2.12. The predicted octanol–water partition coefficient (Wildman–Crippen LogP) is 2.71. The number of aryl methyl sites for hydroxylation is 1. The van der Waals surface area contributed by atoms with E-state index in [0.717, 1.165) is 35.3 Å². The van der Waals surface area contributed by atoms with Crippen molar-refractivity contribution >= 4 is 23.3 Å². The topological polar surface area (TPSA) is 34.1 Å². The van der Waals surface area contributed by atoms with E-state index >= 15 is 0 Å². The van der Waals surface area contributed by atoms with Gasteiger partial charge in [0.2, 0.25) is 0 Å². The van der Waals surface area contributed by atoms with Crippen LogP contribution in [0, 0.1) is 0 Å². The second-order valence-electron chi connectivity index (χ2n) is 4.01. The van der Waals surface area contributed by atoms with Gasteiger partial charge in [-0.3, -0.25) is 0 Å². The van der Waals surface area contributed by atoms with E-state index in [4.69, 9.17) is 0 Å². The molecule has 17 heavy (non-hydrogen) atoms. The fraction of sp³-hybridized carbons (Fsp3) is 0.200. The van der Waals surface area contributed by atoms with Crippen LogP contribution >= 0.6 is 0 Å². The Labute approximate surface area is 100 Å². The molecule has 0 atom stereocenters. The summed E-state index contributed by atoms with van der Waals surface area (Å²) < 4.78 is 0. The van der Waals surface area contributed by atoms with Crippen LogP contribution < -0.4 is 0 Å². The normalized spacial score (nSPS) is 10.4. The first kappa shape index (κ1) is 11.5. The predicted molar refractivity (Wildman–Crippen MR) is 68.1 cm³/mol. The molecule has 2 aromatic carbocycles. The van der Waals surface area contributed by atoms with Crippen LogP contribution in [-0.2, 0) is 22.4 Å². The van der Waals surface area contributed by atoms with Crippen LogP contribution in [0.2, 0.25) is 0 Å². The summed E-state index contributed by atoms with van der Waals surface area (Å²) in [5, 5.41) is 2.26. The number of carbonyl (C=O) groups excluding carboxylic acids is 2. The minimum absolute atomic E-state index is 0.439. The minimum Gasteiger partial charge on any atom is -0.303 e. The van der Waals surface area contributed by atoms with Crippen molar-refractivity contribution in [2.75, 3.05) is 0 Å². The smallest absolute Gasteiger partial charge is 0.124 e. The Morgan fingerprint density at radius 2 is 1.47 bits per heavy atom. The summed E-state index contributed by atoms with van der Waals surface area (Å²) in [6, 6.07) is 12.0. The van der Waals surface area contributed by atoms with E-state index in [2.05, 4.69) is 0 Å². The van der Waals surface area contributed by atoms with Gasteiger partial charge in [0.05, 0.1) is 0 Å². The van der Waals surface area contributed by atoms with Crippen molar-refractivity contribution in [3.05, 3.63) is 47.5 Å². The highest BCUT2D eigenvalue weighted by atomic mass is 16.1. The Bertz CT molecular complexity index is 544. The first-order chi connectivity index (χ1) is 8.36. The molecule has 0 heterocycles. The number of rotatable bonds is 5. The quantitative estimate of drug-likeness (QED) is 0.734. The second kappa shape index (κ2) is 5.39. The van der Waals surface area contributed by atoms with Crippen LogP contribution in [0.25, 0.3) is 10.8 Å². The molecule has 0 unspecified atom stereocenters. The Morgan fingerprint density at radius 1 is 0.824 bits per heavy atom. The van der Waals surface area contributed by atoms with Crippen molar-refractivity contribution in [1.29, 1.82) is 0 Å². The van der Waals surface area contributed by atoms with Crippen LogP contribution in [0.15, 0.2) is 36.4 Å². The Kier molecular flexibility index (Phi) is 3.66. The zero-order chi connectivity index (χ0) is 12.1. The van der Waals surface area contributed by atoms with Gasteiger partial charge in [-0.05, 0) is 28.3 Å². The molecule has 0 bridgehead atoms. The maximum absolute atomic E-state index is 10.6. The van der Waals surface area contributed by atoms with Crippen LogP contribution in [0.3, 0.4) is 0 Å². The zero-order valence-electron chi connectivity index (χ0n) is 9.56. The maximum atomic E-state index is 10.6. The molecular formula is C15H14O2. The van der Waals surface area contributed by atoms with Gasteiger partial charge in [-0.25, -0.2) is 0 Å². The monoisotopic (exact) mass is 226 g/mol. The van der Waals surface area contributed by atoms with Crippen LogP contribution in [0.4, 0.5) is 0 Å². The summed E-state index contributed by atoms with van der Waals surface area (Å²) in [5.74, 6) is 0. The summed E-state index contributed by atoms with van der Waals surface area (Å²) in [6.45, 7) is 0. The molecule has 86 valence electrons. The van der Waals surface area contributed by atoms with E-state index in [1.165, 1.54) is 5.56 Å². The maximum Gasteiger partial charge on any atom is 0.124 e. The Morgan fingerprint density at radius 3 is 2.12 bits per heavy atom. The molecule has 0 N–H and O–H groups in total. The lowest BCUT2D eigenvalue weighted by molar-refractivity contribution is -0.108. The van der Waals surface area contributed by atoms with Crippen molar-refractivity contribution in [3.63, 3.8) is 0 Å². The largest absolute Gasteiger partial charge is 0.303 e. The number of fused-ring (bicyclic) bond motifs is 1. The standard InChI is InChI=1S/C15H14O2/c16-10-3-4-12-7-8-13(9-11-17)15-6-2-1-5-14(12)15/h1-2,5-8,10-11H,3-4,9H2. The number of carbonyl (C=O) groups is 2. The molecule has 0 amide bonds. The summed E-state index contributed by atoms with van der Waals surface area (Å²) in [7, 11) is 0. The fourth-order valence-electron chi connectivity index (χ4n) is 2.12. The summed E-state index contributed by atoms with van der Waals surface area (Å²) in [6.07, 6.45) is 3.60. The molecule has 0 aromatic heterocycles. The molecule has 0 aliphatic rings. The van der Waals surface area contributed by atoms with Crippen molar-refractivity contribution in [2.24, 2.45) is 0 Å². The Balaban J connectivity index is 2.53. The van der Waals surface area contributed by atoms with Crippen LogP contribution in [-0.4, -0.2) is 12.6 Å². The van der Waals surface area contributed by atoms with Gasteiger partial charge in [-0.1, -0.05) is 36.4 Å². The first-order valence-electron chi connectivity index (χ1n) is 5.73. The second-order valence-corrected chi connectivity index (χ2v) is 4.01. The molecule has 2 nitrogen and oxygen atoms in total. The molecule has 0 fully saturated rings. The first-order valence-corrected chi connectivity index (χ1v) is 5.73. The third-order valence-corrected chi connectivity index (χ3v) is 2.94. The summed E-state index contributed by atoms with van der Waals surface area (Å²) >= 11 is 0. The van der Waals surface area contributed by atoms with E-state index in [0.29, 0.717) is 12.8 Å². The van der Waals surface area contributed by atoms with Crippen LogP contribution in [0.5, 0.6) is 0 Å². The SMILES string of the molecule is O=CCCc1ccc(CC=O)c2ccccc12. The molecule has 0 spiro atoms. The van der Waals surface area contributed by atoms with E-state index in [1.807, 2.05) is 36.4 Å². The summed E-state index contributed by atoms with van der Waals surface area (Å²) in [5.41, 5.74) is 2.22. The average Bonchev–Trinajstić information content (AvgIpc) is 2.38. The van der Waals surface area contributed by atoms with Gasteiger partial charge in [0.1, 0.15) is 12.6 Å². The number of benzene rings is 2. The minimum atomic E-state index is 0.439. The molecule has 2 rings (SSSR count). The molecule has 0 saturated carbocycles. The lowest BCUT2D eigenvalue weighted by Gasteiger charge is -2.08. The third kappa shape index (κ3) is 2.41. The number of hydrogen-bond donors (Lipinski definition) is 0. The van der Waals surface area contributed by atoms with Crippen molar-refractivity contribution in [1.82, 2.24) is 0 Å². The molecule has 0 aliphatic carbocycles. The van der Waals surface area contributed by atoms with E-state index in [1.54, 1.807) is 0 Å². The van der Waals surface area contributed by atoms with Gasteiger partial charge in [-0.15, -0.1) is 0 Å². The molecule has 0 aliphatic heterocycles.